The van der Waals surface area contributed by atoms with Crippen molar-refractivity contribution < 1.29 is 15.1 Å². The van der Waals surface area contributed by atoms with E-state index in [2.05, 4.69) is 49.9 Å². The van der Waals surface area contributed by atoms with Gasteiger partial charge in [-0.1, -0.05) is 29.4 Å². The van der Waals surface area contributed by atoms with Crippen molar-refractivity contribution >= 4 is 11.7 Å². The molecule has 4 N–H and O–H groups in total. The third-order valence-corrected chi connectivity index (χ3v) is 4.54. The number of quaternary nitrogens is 1. The van der Waals surface area contributed by atoms with E-state index in [1.807, 2.05) is 20.0 Å². The van der Waals surface area contributed by atoms with E-state index in [0.29, 0.717) is 12.2 Å². The Kier molecular flexibility index (Phi) is 4.62. The standard InChI is InChI=1S/C20H20N6O2/c1-12-11-26-18(15-5-3-14(4-6-15)7-9-22-20(21)27)17(16-8-10-28-25-16)24-19(26)13(2)23-12/h3-6,8,10-11H,7,9H2,1-2H3,(H3,21,22,27)/p+1. The average molecular weight is 377 g/mol. The predicted octanol–water partition coefficient (Wildman–Crippen LogP) is 2.16. The zero-order valence-electron chi connectivity index (χ0n) is 15.8. The zero-order valence-corrected chi connectivity index (χ0v) is 15.8. The molecule has 8 nitrogen and oxygen atoms in total. The number of rotatable bonds is 5. The molecule has 0 spiro atoms. The molecule has 0 saturated carbocycles. The fourth-order valence-electron chi connectivity index (χ4n) is 3.31. The number of hydrogen-bond acceptors (Lipinski definition) is 5. The van der Waals surface area contributed by atoms with Gasteiger partial charge < -0.3 is 9.84 Å². The molecule has 8 heteroatoms. The minimum absolute atomic E-state index is 0.265. The van der Waals surface area contributed by atoms with Crippen LogP contribution in [0.2, 0.25) is 0 Å². The highest BCUT2D eigenvalue weighted by Gasteiger charge is 2.19. The molecule has 0 aliphatic heterocycles. The highest BCUT2D eigenvalue weighted by Crippen LogP contribution is 2.33. The molecule has 0 aliphatic carbocycles. The van der Waals surface area contributed by atoms with Crippen LogP contribution in [0.4, 0.5) is 4.79 Å². The largest absolute Gasteiger partial charge is 0.411 e. The Labute approximate surface area is 161 Å². The van der Waals surface area contributed by atoms with Crippen molar-refractivity contribution in [2.75, 3.05) is 6.54 Å². The van der Waals surface area contributed by atoms with Gasteiger partial charge in [-0.05, 0) is 25.8 Å². The maximum Gasteiger partial charge on any atom is 0.411 e. The topological polar surface area (TPSA) is 113 Å². The van der Waals surface area contributed by atoms with Crippen LogP contribution in [0.25, 0.3) is 28.3 Å². The first-order chi connectivity index (χ1) is 13.5. The molecular formula is C20H21N6O2+. The third-order valence-electron chi connectivity index (χ3n) is 4.54. The first-order valence-electron chi connectivity index (χ1n) is 8.99. The molecule has 2 amide bonds. The van der Waals surface area contributed by atoms with Crippen LogP contribution in [0.5, 0.6) is 0 Å². The van der Waals surface area contributed by atoms with Crippen molar-refractivity contribution in [1.29, 1.82) is 0 Å². The van der Waals surface area contributed by atoms with Crippen LogP contribution in [-0.2, 0) is 6.42 Å². The van der Waals surface area contributed by atoms with Crippen LogP contribution >= 0.6 is 0 Å². The van der Waals surface area contributed by atoms with Crippen LogP contribution in [0.15, 0.2) is 47.3 Å². The number of fused-ring (bicyclic) bond motifs is 1. The minimum Gasteiger partial charge on any atom is -0.364 e. The minimum atomic E-state index is -0.265. The highest BCUT2D eigenvalue weighted by atomic mass is 16.5. The number of aryl methyl sites for hydroxylation is 2. The van der Waals surface area contributed by atoms with Crippen LogP contribution in [0, 0.1) is 13.8 Å². The molecule has 0 unspecified atom stereocenters. The van der Waals surface area contributed by atoms with Gasteiger partial charge in [0, 0.05) is 24.4 Å². The summed E-state index contributed by atoms with van der Waals surface area (Å²) in [7, 11) is 0. The molecule has 3 heterocycles. The molecule has 3 aromatic heterocycles. The summed E-state index contributed by atoms with van der Waals surface area (Å²) in [5, 5.41) is 6.79. The summed E-state index contributed by atoms with van der Waals surface area (Å²) in [4.78, 5) is 20.2. The number of nitrogens with one attached hydrogen (secondary N) is 1. The zero-order chi connectivity index (χ0) is 19.7. The maximum atomic E-state index is 10.9. The molecule has 0 bridgehead atoms. The molecule has 142 valence electrons. The quantitative estimate of drug-likeness (QED) is 0.553. The molecule has 4 aromatic rings. The maximum absolute atomic E-state index is 10.9. The summed E-state index contributed by atoms with van der Waals surface area (Å²) in [6, 6.07) is 9.75. The smallest absolute Gasteiger partial charge is 0.364 e. The Morgan fingerprint density at radius 1 is 1.18 bits per heavy atom. The Bertz CT molecular complexity index is 1130. The number of carbonyl (C=O) groups is 1. The van der Waals surface area contributed by atoms with Crippen molar-refractivity contribution in [2.24, 2.45) is 0 Å². The number of amides is 2. The Morgan fingerprint density at radius 2 is 1.96 bits per heavy atom. The third kappa shape index (κ3) is 3.37. The monoisotopic (exact) mass is 377 g/mol. The Morgan fingerprint density at radius 3 is 2.64 bits per heavy atom. The number of hydrogen-bond donors (Lipinski definition) is 2. The molecular weight excluding hydrogens is 356 g/mol. The van der Waals surface area contributed by atoms with Gasteiger partial charge in [0.05, 0.1) is 17.1 Å². The van der Waals surface area contributed by atoms with E-state index in [4.69, 9.17) is 9.51 Å². The van der Waals surface area contributed by atoms with Crippen molar-refractivity contribution in [3.05, 3.63) is 59.7 Å². The summed E-state index contributed by atoms with van der Waals surface area (Å²) in [5.41, 5.74) is 10.4. The molecule has 0 atom stereocenters. The lowest BCUT2D eigenvalue weighted by molar-refractivity contribution is -0.250. The van der Waals surface area contributed by atoms with Crippen LogP contribution in [0.3, 0.4) is 0 Å². The number of aromatic nitrogens is 4. The normalized spacial score (nSPS) is 11.1. The van der Waals surface area contributed by atoms with Crippen molar-refractivity contribution in [2.45, 2.75) is 20.3 Å². The summed E-state index contributed by atoms with van der Waals surface area (Å²) in [6.07, 6.45) is 4.26. The van der Waals surface area contributed by atoms with E-state index >= 15 is 0 Å². The molecule has 28 heavy (non-hydrogen) atoms. The van der Waals surface area contributed by atoms with E-state index in [0.717, 1.165) is 46.0 Å². The molecule has 0 aliphatic rings. The van der Waals surface area contributed by atoms with Crippen LogP contribution in [0.1, 0.15) is 17.0 Å². The molecule has 0 fully saturated rings. The summed E-state index contributed by atoms with van der Waals surface area (Å²) < 4.78 is 7.09. The molecule has 1 aromatic carbocycles. The number of carbonyl (C=O) groups excluding carboxylic acids is 1. The lowest BCUT2D eigenvalue weighted by atomic mass is 10.0. The van der Waals surface area contributed by atoms with E-state index in [1.165, 1.54) is 0 Å². The summed E-state index contributed by atoms with van der Waals surface area (Å²) in [5.74, 6) is 0. The molecule has 0 saturated heterocycles. The van der Waals surface area contributed by atoms with E-state index in [-0.39, 0.29) is 6.03 Å². The predicted molar refractivity (Wildman–Crippen MR) is 103 cm³/mol. The lowest BCUT2D eigenvalue weighted by Crippen LogP contribution is -2.63. The Balaban J connectivity index is 1.79. The van der Waals surface area contributed by atoms with E-state index < -0.39 is 0 Å². The van der Waals surface area contributed by atoms with Gasteiger partial charge in [-0.3, -0.25) is 15.1 Å². The summed E-state index contributed by atoms with van der Waals surface area (Å²) >= 11 is 0. The highest BCUT2D eigenvalue weighted by molar-refractivity contribution is 5.80. The number of benzene rings is 1. The average Bonchev–Trinajstić information content (AvgIpc) is 3.29. The van der Waals surface area contributed by atoms with Gasteiger partial charge in [0.15, 0.2) is 5.65 Å². The van der Waals surface area contributed by atoms with E-state index in [1.54, 1.807) is 12.3 Å². The number of urea groups is 1. The first-order valence-corrected chi connectivity index (χ1v) is 8.99. The first kappa shape index (κ1) is 17.9. The fraction of sp³-hybridized carbons (Fsp3) is 0.200. The number of imidazole rings is 1. The van der Waals surface area contributed by atoms with Gasteiger partial charge in [-0.2, -0.15) is 0 Å². The van der Waals surface area contributed by atoms with Gasteiger partial charge in [-0.15, -0.1) is 0 Å². The van der Waals surface area contributed by atoms with Crippen LogP contribution in [-0.4, -0.2) is 32.1 Å². The van der Waals surface area contributed by atoms with Gasteiger partial charge >= 0.3 is 6.03 Å². The van der Waals surface area contributed by atoms with Crippen molar-refractivity contribution in [3.8, 4) is 22.6 Å². The SMILES string of the molecule is Cc1cn2c(-c3ccc(CCNC([NH3+])=O)cc3)c(-c3ccon3)nc2c(C)n1. The summed E-state index contributed by atoms with van der Waals surface area (Å²) in [6.45, 7) is 4.48. The second-order valence-electron chi connectivity index (χ2n) is 6.65. The second-order valence-corrected chi connectivity index (χ2v) is 6.65. The van der Waals surface area contributed by atoms with Crippen LogP contribution < -0.4 is 11.1 Å². The number of nitrogens with zero attached hydrogens (tertiary/aromatic N) is 4. The van der Waals surface area contributed by atoms with E-state index in [9.17, 15) is 4.79 Å². The lowest BCUT2D eigenvalue weighted by Gasteiger charge is -2.07. The van der Waals surface area contributed by atoms with Gasteiger partial charge in [0.25, 0.3) is 0 Å². The van der Waals surface area contributed by atoms with Gasteiger partial charge in [-0.25, -0.2) is 9.78 Å². The van der Waals surface area contributed by atoms with Gasteiger partial charge in [0.1, 0.15) is 17.7 Å². The second kappa shape index (κ2) is 7.24. The molecule has 4 rings (SSSR count). The molecule has 0 radical (unpaired) electrons. The van der Waals surface area contributed by atoms with Crippen molar-refractivity contribution in [1.82, 2.24) is 24.8 Å². The Hall–Kier alpha value is -3.52. The van der Waals surface area contributed by atoms with Gasteiger partial charge in [0.2, 0.25) is 0 Å². The fourth-order valence-corrected chi connectivity index (χ4v) is 3.31. The van der Waals surface area contributed by atoms with Crippen molar-refractivity contribution in [3.63, 3.8) is 0 Å².